The molecule has 1 aromatic heterocycles. The van der Waals surface area contributed by atoms with Crippen LogP contribution >= 0.6 is 0 Å². The molecular formula is C25H23NO5S2. The van der Waals surface area contributed by atoms with Gasteiger partial charge in [0.15, 0.2) is 9.84 Å². The van der Waals surface area contributed by atoms with E-state index in [1.807, 2.05) is 37.3 Å². The molecule has 1 heterocycles. The lowest BCUT2D eigenvalue weighted by Crippen LogP contribution is -2.31. The quantitative estimate of drug-likeness (QED) is 0.392. The number of hydrogen-bond donors (Lipinski definition) is 1. The Labute approximate surface area is 193 Å². The summed E-state index contributed by atoms with van der Waals surface area (Å²) in [4.78, 5) is 0.147. The lowest BCUT2D eigenvalue weighted by Gasteiger charge is -2.17. The third-order valence-electron chi connectivity index (χ3n) is 5.32. The van der Waals surface area contributed by atoms with Crippen molar-refractivity contribution >= 4 is 19.9 Å². The molecule has 8 heteroatoms. The standard InChI is InChI=1S/C25H23NO5S2/c1-19-9-13-22(14-10-19)32(27,28)25(24-8-5-17-31-24)18-26-33(29,30)23-15-11-21(12-16-23)20-6-3-2-4-7-20/h2-17,25-26H,18H2,1H3/t25-/m0/s1. The minimum Gasteiger partial charge on any atom is -0.468 e. The van der Waals surface area contributed by atoms with Crippen LogP contribution in [-0.2, 0) is 19.9 Å². The molecule has 1 atom stereocenters. The smallest absolute Gasteiger partial charge is 0.240 e. The Morgan fingerprint density at radius 2 is 1.33 bits per heavy atom. The number of sulfonamides is 1. The van der Waals surface area contributed by atoms with E-state index in [9.17, 15) is 16.8 Å². The second kappa shape index (κ2) is 9.35. The Bertz CT molecular complexity index is 1410. The van der Waals surface area contributed by atoms with Crippen molar-refractivity contribution in [1.82, 2.24) is 4.72 Å². The van der Waals surface area contributed by atoms with Gasteiger partial charge in [-0.2, -0.15) is 0 Å². The molecule has 0 saturated carbocycles. The van der Waals surface area contributed by atoms with Crippen molar-refractivity contribution in [2.24, 2.45) is 0 Å². The molecule has 1 N–H and O–H groups in total. The summed E-state index contributed by atoms with van der Waals surface area (Å²) in [6.45, 7) is 1.49. The summed E-state index contributed by atoms with van der Waals surface area (Å²) in [5.41, 5.74) is 2.77. The van der Waals surface area contributed by atoms with E-state index in [0.29, 0.717) is 0 Å². The Morgan fingerprint density at radius 3 is 1.94 bits per heavy atom. The molecule has 0 unspecified atom stereocenters. The van der Waals surface area contributed by atoms with E-state index in [2.05, 4.69) is 4.72 Å². The summed E-state index contributed by atoms with van der Waals surface area (Å²) >= 11 is 0. The summed E-state index contributed by atoms with van der Waals surface area (Å²) in [6.07, 6.45) is 1.36. The van der Waals surface area contributed by atoms with E-state index in [0.717, 1.165) is 16.7 Å². The van der Waals surface area contributed by atoms with Gasteiger partial charge in [0, 0.05) is 6.54 Å². The highest BCUT2D eigenvalue weighted by Gasteiger charge is 2.32. The van der Waals surface area contributed by atoms with E-state index in [1.165, 1.54) is 36.6 Å². The maximum atomic E-state index is 13.3. The van der Waals surface area contributed by atoms with Gasteiger partial charge in [0.25, 0.3) is 0 Å². The van der Waals surface area contributed by atoms with Crippen LogP contribution in [0.25, 0.3) is 11.1 Å². The molecule has 0 radical (unpaired) electrons. The summed E-state index contributed by atoms with van der Waals surface area (Å²) in [5.74, 6) is 0.165. The molecular weight excluding hydrogens is 458 g/mol. The summed E-state index contributed by atoms with van der Waals surface area (Å²) in [5, 5.41) is -1.21. The van der Waals surface area contributed by atoms with Crippen molar-refractivity contribution in [2.75, 3.05) is 6.54 Å². The highest BCUT2D eigenvalue weighted by atomic mass is 32.2. The van der Waals surface area contributed by atoms with Gasteiger partial charge in [-0.25, -0.2) is 21.6 Å². The molecule has 4 aromatic rings. The van der Waals surface area contributed by atoms with Crippen LogP contribution in [0.15, 0.2) is 111 Å². The maximum absolute atomic E-state index is 13.3. The van der Waals surface area contributed by atoms with Crippen molar-refractivity contribution in [3.05, 3.63) is 109 Å². The number of hydrogen-bond acceptors (Lipinski definition) is 5. The largest absolute Gasteiger partial charge is 0.468 e. The van der Waals surface area contributed by atoms with Gasteiger partial charge in [0.05, 0.1) is 16.1 Å². The van der Waals surface area contributed by atoms with Gasteiger partial charge >= 0.3 is 0 Å². The fraction of sp³-hybridized carbons (Fsp3) is 0.120. The molecule has 3 aromatic carbocycles. The van der Waals surface area contributed by atoms with Gasteiger partial charge in [-0.3, -0.25) is 0 Å². The van der Waals surface area contributed by atoms with Gasteiger partial charge in [-0.05, 0) is 54.4 Å². The first-order valence-electron chi connectivity index (χ1n) is 10.3. The molecule has 0 aliphatic carbocycles. The number of rotatable bonds is 8. The van der Waals surface area contributed by atoms with Gasteiger partial charge in [0.1, 0.15) is 11.0 Å². The Kier molecular flexibility index (Phi) is 6.51. The van der Waals surface area contributed by atoms with Crippen molar-refractivity contribution < 1.29 is 21.3 Å². The van der Waals surface area contributed by atoms with Crippen LogP contribution in [0.4, 0.5) is 0 Å². The second-order valence-corrected chi connectivity index (χ2v) is 11.5. The first-order chi connectivity index (χ1) is 15.8. The topological polar surface area (TPSA) is 93.5 Å². The summed E-state index contributed by atoms with van der Waals surface area (Å²) in [7, 11) is -7.86. The molecule has 33 heavy (non-hydrogen) atoms. The monoisotopic (exact) mass is 481 g/mol. The van der Waals surface area contributed by atoms with Crippen LogP contribution in [0.3, 0.4) is 0 Å². The molecule has 0 aliphatic heterocycles. The molecule has 0 aliphatic rings. The Morgan fingerprint density at radius 1 is 0.727 bits per heavy atom. The SMILES string of the molecule is Cc1ccc(S(=O)(=O)[C@@H](CNS(=O)(=O)c2ccc(-c3ccccc3)cc2)c2ccco2)cc1. The summed E-state index contributed by atoms with van der Waals surface area (Å²) in [6, 6.07) is 25.6. The Balaban J connectivity index is 1.58. The van der Waals surface area contributed by atoms with E-state index in [4.69, 9.17) is 4.42 Å². The van der Waals surface area contributed by atoms with Crippen molar-refractivity contribution in [3.8, 4) is 11.1 Å². The third kappa shape index (κ3) is 5.08. The fourth-order valence-corrected chi connectivity index (χ4v) is 6.20. The Hall–Kier alpha value is -3.20. The molecule has 170 valence electrons. The predicted molar refractivity (Wildman–Crippen MR) is 127 cm³/mol. The molecule has 6 nitrogen and oxygen atoms in total. The first kappa shape index (κ1) is 23.0. The minimum atomic E-state index is -3.95. The van der Waals surface area contributed by atoms with Gasteiger partial charge in [-0.15, -0.1) is 0 Å². The van der Waals surface area contributed by atoms with Crippen molar-refractivity contribution in [3.63, 3.8) is 0 Å². The van der Waals surface area contributed by atoms with Gasteiger partial charge < -0.3 is 4.42 Å². The highest BCUT2D eigenvalue weighted by Crippen LogP contribution is 2.30. The van der Waals surface area contributed by atoms with Crippen LogP contribution < -0.4 is 4.72 Å². The fourth-order valence-electron chi connectivity index (χ4n) is 3.46. The number of furan rings is 1. The number of benzene rings is 3. The predicted octanol–water partition coefficient (Wildman–Crippen LogP) is 4.75. The second-order valence-electron chi connectivity index (χ2n) is 7.60. The zero-order chi connectivity index (χ0) is 23.5. The summed E-state index contributed by atoms with van der Waals surface area (Å²) < 4.78 is 60.2. The van der Waals surface area contributed by atoms with Gasteiger partial charge in [0.2, 0.25) is 10.0 Å². The van der Waals surface area contributed by atoms with Crippen LogP contribution in [0.5, 0.6) is 0 Å². The average molecular weight is 482 g/mol. The molecule has 0 saturated heterocycles. The lowest BCUT2D eigenvalue weighted by atomic mass is 10.1. The first-order valence-corrected chi connectivity index (χ1v) is 13.3. The molecule has 0 bridgehead atoms. The van der Waals surface area contributed by atoms with Crippen molar-refractivity contribution in [1.29, 1.82) is 0 Å². The highest BCUT2D eigenvalue weighted by molar-refractivity contribution is 7.92. The third-order valence-corrected chi connectivity index (χ3v) is 8.83. The number of sulfone groups is 1. The van der Waals surface area contributed by atoms with Crippen molar-refractivity contribution in [2.45, 2.75) is 22.0 Å². The lowest BCUT2D eigenvalue weighted by molar-refractivity contribution is 0.486. The van der Waals surface area contributed by atoms with E-state index < -0.39 is 25.1 Å². The van der Waals surface area contributed by atoms with Crippen LogP contribution in [0, 0.1) is 6.92 Å². The number of aryl methyl sites for hydroxylation is 1. The average Bonchev–Trinajstić information content (AvgIpc) is 3.34. The number of nitrogens with one attached hydrogen (secondary N) is 1. The van der Waals surface area contributed by atoms with Crippen LogP contribution in [0.2, 0.25) is 0 Å². The van der Waals surface area contributed by atoms with Gasteiger partial charge in [-0.1, -0.05) is 60.2 Å². The van der Waals surface area contributed by atoms with E-state index >= 15 is 0 Å². The van der Waals surface area contributed by atoms with Crippen LogP contribution in [-0.4, -0.2) is 23.4 Å². The normalized spacial score (nSPS) is 13.0. The molecule has 0 spiro atoms. The molecule has 4 rings (SSSR count). The van der Waals surface area contributed by atoms with Crippen LogP contribution in [0.1, 0.15) is 16.6 Å². The maximum Gasteiger partial charge on any atom is 0.240 e. The molecule has 0 amide bonds. The zero-order valence-corrected chi connectivity index (χ0v) is 19.5. The molecule has 0 fully saturated rings. The van der Waals surface area contributed by atoms with E-state index in [-0.39, 0.29) is 22.1 Å². The van der Waals surface area contributed by atoms with E-state index in [1.54, 1.807) is 30.3 Å². The minimum absolute atomic E-state index is 0.0492. The zero-order valence-electron chi connectivity index (χ0n) is 17.9.